The minimum Gasteiger partial charge on any atom is -0.367 e. The molecule has 1 heterocycles. The highest BCUT2D eigenvalue weighted by Crippen LogP contribution is 2.23. The second-order valence-electron chi connectivity index (χ2n) is 3.57. The maximum absolute atomic E-state index is 11.0. The van der Waals surface area contributed by atoms with Gasteiger partial charge >= 0.3 is 0 Å². The van der Waals surface area contributed by atoms with Crippen LogP contribution in [-0.2, 0) is 9.05 Å². The number of nitrogens with zero attached hydrogens (tertiary/aromatic N) is 1. The summed E-state index contributed by atoms with van der Waals surface area (Å²) in [5.74, 6) is 0.571. The second kappa shape index (κ2) is 3.98. The summed E-state index contributed by atoms with van der Waals surface area (Å²) in [7, 11) is 1.47. The summed E-state index contributed by atoms with van der Waals surface area (Å²) in [5.41, 5.74) is 0. The minimum atomic E-state index is -3.73. The van der Waals surface area contributed by atoms with E-state index in [0.29, 0.717) is 11.9 Å². The highest BCUT2D eigenvalue weighted by Gasteiger charge is 2.18. The molecule has 1 fully saturated rings. The second-order valence-corrected chi connectivity index (χ2v) is 6.08. The topological polar surface area (TPSA) is 59.1 Å². The fraction of sp³-hybridized carbons (Fsp3) is 0.444. The predicted octanol–water partition coefficient (Wildman–Crippen LogP) is 1.97. The van der Waals surface area contributed by atoms with Gasteiger partial charge in [0.2, 0.25) is 0 Å². The zero-order chi connectivity index (χ0) is 10.9. The van der Waals surface area contributed by atoms with Crippen molar-refractivity contribution in [1.82, 2.24) is 4.98 Å². The molecule has 82 valence electrons. The standard InChI is InChI=1S/C9H11ClN2O2S/c10-15(13,14)9-6-2-5-8(12-9)11-7-3-1-4-7/h2,5-7H,1,3-4H2,(H,11,12). The van der Waals surface area contributed by atoms with Crippen LogP contribution in [0.3, 0.4) is 0 Å². The molecule has 2 rings (SSSR count). The Bertz CT molecular complexity index is 457. The van der Waals surface area contributed by atoms with E-state index < -0.39 is 9.05 Å². The molecule has 0 aromatic carbocycles. The molecule has 1 saturated carbocycles. The lowest BCUT2D eigenvalue weighted by Crippen LogP contribution is -2.27. The number of hydrogen-bond acceptors (Lipinski definition) is 4. The van der Waals surface area contributed by atoms with Crippen LogP contribution in [-0.4, -0.2) is 19.4 Å². The van der Waals surface area contributed by atoms with Crippen molar-refractivity contribution < 1.29 is 8.42 Å². The van der Waals surface area contributed by atoms with E-state index in [0.717, 1.165) is 12.8 Å². The number of rotatable bonds is 3. The molecule has 0 amide bonds. The van der Waals surface area contributed by atoms with Crippen LogP contribution in [0.1, 0.15) is 19.3 Å². The number of pyridine rings is 1. The molecule has 0 radical (unpaired) electrons. The number of anilines is 1. The monoisotopic (exact) mass is 246 g/mol. The molecule has 1 aromatic heterocycles. The smallest absolute Gasteiger partial charge is 0.278 e. The number of nitrogens with one attached hydrogen (secondary N) is 1. The number of hydrogen-bond donors (Lipinski definition) is 1. The van der Waals surface area contributed by atoms with Crippen LogP contribution in [0.4, 0.5) is 5.82 Å². The average molecular weight is 247 g/mol. The molecule has 0 atom stereocenters. The van der Waals surface area contributed by atoms with Gasteiger partial charge in [0, 0.05) is 16.7 Å². The van der Waals surface area contributed by atoms with Crippen molar-refractivity contribution >= 4 is 25.6 Å². The molecule has 1 aromatic rings. The number of halogens is 1. The third-order valence-electron chi connectivity index (χ3n) is 2.43. The molecule has 1 aliphatic rings. The largest absolute Gasteiger partial charge is 0.367 e. The van der Waals surface area contributed by atoms with Crippen molar-refractivity contribution in [2.45, 2.75) is 30.3 Å². The first-order valence-electron chi connectivity index (χ1n) is 4.74. The van der Waals surface area contributed by atoms with Gasteiger partial charge in [-0.25, -0.2) is 13.4 Å². The van der Waals surface area contributed by atoms with E-state index in [2.05, 4.69) is 10.3 Å². The van der Waals surface area contributed by atoms with E-state index in [1.807, 2.05) is 0 Å². The van der Waals surface area contributed by atoms with E-state index in [1.54, 1.807) is 12.1 Å². The summed E-state index contributed by atoms with van der Waals surface area (Å²) in [6.07, 6.45) is 3.43. The molecule has 1 aliphatic carbocycles. The Morgan fingerprint density at radius 2 is 2.13 bits per heavy atom. The summed E-state index contributed by atoms with van der Waals surface area (Å²) in [6.45, 7) is 0. The number of aromatic nitrogens is 1. The van der Waals surface area contributed by atoms with Crippen LogP contribution in [0.25, 0.3) is 0 Å². The van der Waals surface area contributed by atoms with Crippen molar-refractivity contribution in [2.24, 2.45) is 0 Å². The van der Waals surface area contributed by atoms with Crippen molar-refractivity contribution in [2.75, 3.05) is 5.32 Å². The molecule has 0 unspecified atom stereocenters. The van der Waals surface area contributed by atoms with Gasteiger partial charge < -0.3 is 5.32 Å². The van der Waals surface area contributed by atoms with E-state index in [9.17, 15) is 8.42 Å². The predicted molar refractivity (Wildman–Crippen MR) is 58.5 cm³/mol. The highest BCUT2D eigenvalue weighted by molar-refractivity contribution is 8.13. The van der Waals surface area contributed by atoms with E-state index in [4.69, 9.17) is 10.7 Å². The fourth-order valence-corrected chi connectivity index (χ4v) is 2.10. The first-order chi connectivity index (χ1) is 7.05. The lowest BCUT2D eigenvalue weighted by atomic mass is 9.93. The molecule has 15 heavy (non-hydrogen) atoms. The molecule has 1 N–H and O–H groups in total. The molecular weight excluding hydrogens is 236 g/mol. The SMILES string of the molecule is O=S(=O)(Cl)c1cccc(NC2CCC2)n1. The summed E-state index contributed by atoms with van der Waals surface area (Å²) in [5, 5.41) is 3.05. The van der Waals surface area contributed by atoms with Crippen LogP contribution < -0.4 is 5.32 Å². The molecule has 0 bridgehead atoms. The van der Waals surface area contributed by atoms with Crippen LogP contribution in [0.2, 0.25) is 0 Å². The Hall–Kier alpha value is -0.810. The first-order valence-corrected chi connectivity index (χ1v) is 7.05. The van der Waals surface area contributed by atoms with Gasteiger partial charge in [0.1, 0.15) is 5.82 Å². The first kappa shape index (κ1) is 10.7. The van der Waals surface area contributed by atoms with Gasteiger partial charge in [-0.15, -0.1) is 0 Å². The Morgan fingerprint density at radius 3 is 2.67 bits per heavy atom. The minimum absolute atomic E-state index is 0.103. The van der Waals surface area contributed by atoms with Gasteiger partial charge in [0.05, 0.1) is 0 Å². The van der Waals surface area contributed by atoms with Crippen molar-refractivity contribution in [3.05, 3.63) is 18.2 Å². The summed E-state index contributed by atoms with van der Waals surface area (Å²) in [4.78, 5) is 3.93. The van der Waals surface area contributed by atoms with Gasteiger partial charge in [0.15, 0.2) is 5.03 Å². The van der Waals surface area contributed by atoms with Crippen LogP contribution in [0.15, 0.2) is 23.2 Å². The Labute approximate surface area is 93.1 Å². The maximum Gasteiger partial charge on any atom is 0.278 e. The summed E-state index contributed by atoms with van der Waals surface area (Å²) in [6, 6.07) is 5.17. The van der Waals surface area contributed by atoms with Crippen LogP contribution in [0, 0.1) is 0 Å². The quantitative estimate of drug-likeness (QED) is 0.829. The molecular formula is C9H11ClN2O2S. The van der Waals surface area contributed by atoms with Crippen molar-refractivity contribution in [3.63, 3.8) is 0 Å². The molecule has 0 spiro atoms. The van der Waals surface area contributed by atoms with Crippen molar-refractivity contribution in [1.29, 1.82) is 0 Å². The lowest BCUT2D eigenvalue weighted by molar-refractivity contribution is 0.444. The van der Waals surface area contributed by atoms with Crippen LogP contribution in [0.5, 0.6) is 0 Å². The third kappa shape index (κ3) is 2.60. The normalized spacial score (nSPS) is 17.1. The Kier molecular flexibility index (Phi) is 2.84. The highest BCUT2D eigenvalue weighted by atomic mass is 35.7. The van der Waals surface area contributed by atoms with Gasteiger partial charge in [-0.3, -0.25) is 0 Å². The molecule has 0 aliphatic heterocycles. The van der Waals surface area contributed by atoms with E-state index in [-0.39, 0.29) is 5.03 Å². The zero-order valence-corrected chi connectivity index (χ0v) is 9.55. The van der Waals surface area contributed by atoms with Gasteiger partial charge in [-0.05, 0) is 31.4 Å². The Morgan fingerprint density at radius 1 is 1.40 bits per heavy atom. The fourth-order valence-electron chi connectivity index (χ4n) is 1.39. The zero-order valence-electron chi connectivity index (χ0n) is 7.98. The van der Waals surface area contributed by atoms with E-state index >= 15 is 0 Å². The molecule has 0 saturated heterocycles. The van der Waals surface area contributed by atoms with Gasteiger partial charge in [0.25, 0.3) is 9.05 Å². The van der Waals surface area contributed by atoms with Gasteiger partial charge in [-0.2, -0.15) is 0 Å². The lowest BCUT2D eigenvalue weighted by Gasteiger charge is -2.26. The van der Waals surface area contributed by atoms with Crippen molar-refractivity contribution in [3.8, 4) is 0 Å². The molecule has 4 nitrogen and oxygen atoms in total. The summed E-state index contributed by atoms with van der Waals surface area (Å²) < 4.78 is 22.1. The average Bonchev–Trinajstić information content (AvgIpc) is 2.11. The third-order valence-corrected chi connectivity index (χ3v) is 3.63. The Balaban J connectivity index is 2.18. The molecule has 6 heteroatoms. The maximum atomic E-state index is 11.0. The van der Waals surface area contributed by atoms with Crippen LogP contribution >= 0.6 is 10.7 Å². The summed E-state index contributed by atoms with van der Waals surface area (Å²) >= 11 is 0. The van der Waals surface area contributed by atoms with E-state index in [1.165, 1.54) is 12.5 Å². The van der Waals surface area contributed by atoms with Gasteiger partial charge in [-0.1, -0.05) is 6.07 Å².